The first kappa shape index (κ1) is 33.4. The maximum Gasteiger partial charge on any atom is 0.264 e. The molecule has 0 saturated heterocycles. The zero-order valence-corrected chi connectivity index (χ0v) is 27.1. The molecule has 3 aromatic carbocycles. The Hall–Kier alpha value is -3.07. The van der Waals surface area contributed by atoms with Gasteiger partial charge in [-0.2, -0.15) is 0 Å². The van der Waals surface area contributed by atoms with Crippen LogP contribution in [0.25, 0.3) is 0 Å². The third-order valence-corrected chi connectivity index (χ3v) is 9.32. The van der Waals surface area contributed by atoms with Crippen molar-refractivity contribution < 1.29 is 18.0 Å². The molecule has 0 bridgehead atoms. The van der Waals surface area contributed by atoms with Crippen molar-refractivity contribution in [2.75, 3.05) is 17.4 Å². The van der Waals surface area contributed by atoms with Crippen molar-refractivity contribution in [1.29, 1.82) is 0 Å². The SMILES string of the molecule is CCc1ccccc1N(CC(=O)N(Cc1ccc(Cl)cc1Cl)C(CC)C(=O)NCC(C)C)S(=O)(=O)c1ccc(C)cc1. The number of sulfonamides is 1. The molecule has 226 valence electrons. The minimum Gasteiger partial charge on any atom is -0.354 e. The number of anilines is 1. The van der Waals surface area contributed by atoms with Crippen molar-refractivity contribution in [2.45, 2.75) is 64.9 Å². The normalized spacial score (nSPS) is 12.2. The first-order valence-corrected chi connectivity index (χ1v) is 16.3. The van der Waals surface area contributed by atoms with Crippen LogP contribution >= 0.6 is 23.2 Å². The van der Waals surface area contributed by atoms with Gasteiger partial charge in [0.05, 0.1) is 10.6 Å². The molecule has 0 radical (unpaired) electrons. The second kappa shape index (κ2) is 14.9. The first-order valence-electron chi connectivity index (χ1n) is 14.1. The van der Waals surface area contributed by atoms with E-state index in [2.05, 4.69) is 5.32 Å². The van der Waals surface area contributed by atoms with Crippen LogP contribution in [0.3, 0.4) is 0 Å². The van der Waals surface area contributed by atoms with Gasteiger partial charge < -0.3 is 10.2 Å². The molecule has 0 heterocycles. The molecule has 7 nitrogen and oxygen atoms in total. The van der Waals surface area contributed by atoms with Gasteiger partial charge in [-0.15, -0.1) is 0 Å². The molecule has 0 aliphatic heterocycles. The average Bonchev–Trinajstić information content (AvgIpc) is 2.95. The number of nitrogens with zero attached hydrogens (tertiary/aromatic N) is 2. The summed E-state index contributed by atoms with van der Waals surface area (Å²) in [5.74, 6) is -0.636. The van der Waals surface area contributed by atoms with E-state index in [9.17, 15) is 18.0 Å². The summed E-state index contributed by atoms with van der Waals surface area (Å²) in [4.78, 5) is 29.1. The Morgan fingerprint density at radius 2 is 1.60 bits per heavy atom. The molecule has 2 amide bonds. The fourth-order valence-corrected chi connectivity index (χ4v) is 6.50. The molecule has 3 aromatic rings. The van der Waals surface area contributed by atoms with Crippen LogP contribution in [-0.4, -0.2) is 44.3 Å². The van der Waals surface area contributed by atoms with E-state index in [4.69, 9.17) is 23.2 Å². The molecule has 10 heteroatoms. The van der Waals surface area contributed by atoms with Crippen LogP contribution in [0.1, 0.15) is 50.8 Å². The Bertz CT molecular complexity index is 1490. The minimum atomic E-state index is -4.15. The number of rotatable bonds is 13. The zero-order chi connectivity index (χ0) is 31.0. The van der Waals surface area contributed by atoms with Crippen LogP contribution in [0.2, 0.25) is 10.0 Å². The van der Waals surface area contributed by atoms with E-state index in [1.165, 1.54) is 17.0 Å². The van der Waals surface area contributed by atoms with Crippen LogP contribution in [-0.2, 0) is 32.6 Å². The molecule has 3 rings (SSSR count). The van der Waals surface area contributed by atoms with Crippen molar-refractivity contribution in [1.82, 2.24) is 10.2 Å². The number of aryl methyl sites for hydroxylation is 2. The third-order valence-electron chi connectivity index (χ3n) is 6.96. The highest BCUT2D eigenvalue weighted by Gasteiger charge is 2.34. The molecule has 1 atom stereocenters. The number of halogens is 2. The predicted molar refractivity (Wildman–Crippen MR) is 170 cm³/mol. The molecule has 0 spiro atoms. The number of hydrogen-bond acceptors (Lipinski definition) is 4. The Labute approximate surface area is 259 Å². The second-order valence-corrected chi connectivity index (χ2v) is 13.3. The molecule has 42 heavy (non-hydrogen) atoms. The van der Waals surface area contributed by atoms with Gasteiger partial charge in [-0.25, -0.2) is 8.42 Å². The number of amides is 2. The Morgan fingerprint density at radius 3 is 2.19 bits per heavy atom. The zero-order valence-electron chi connectivity index (χ0n) is 24.7. The third kappa shape index (κ3) is 8.27. The highest BCUT2D eigenvalue weighted by molar-refractivity contribution is 7.92. The summed E-state index contributed by atoms with van der Waals surface area (Å²) in [6.45, 7) is 9.51. The Kier molecular flexibility index (Phi) is 11.9. The van der Waals surface area contributed by atoms with Gasteiger partial charge >= 0.3 is 0 Å². The number of para-hydroxylation sites is 1. The first-order chi connectivity index (χ1) is 19.9. The van der Waals surface area contributed by atoms with Gasteiger partial charge in [0, 0.05) is 23.1 Å². The van der Waals surface area contributed by atoms with E-state index in [0.29, 0.717) is 40.7 Å². The molecule has 0 aliphatic carbocycles. The van der Waals surface area contributed by atoms with E-state index in [1.54, 1.807) is 42.5 Å². The van der Waals surface area contributed by atoms with E-state index in [-0.39, 0.29) is 23.3 Å². The molecular formula is C32H39Cl2N3O4S. The van der Waals surface area contributed by atoms with Crippen LogP contribution in [0.4, 0.5) is 5.69 Å². The molecule has 1 N–H and O–H groups in total. The lowest BCUT2D eigenvalue weighted by atomic mass is 10.1. The summed E-state index contributed by atoms with van der Waals surface area (Å²) >= 11 is 12.6. The monoisotopic (exact) mass is 631 g/mol. The van der Waals surface area contributed by atoms with Crippen molar-refractivity contribution >= 4 is 50.7 Å². The molecule has 0 saturated carbocycles. The van der Waals surface area contributed by atoms with E-state index >= 15 is 0 Å². The largest absolute Gasteiger partial charge is 0.354 e. The highest BCUT2D eigenvalue weighted by atomic mass is 35.5. The summed E-state index contributed by atoms with van der Waals surface area (Å²) in [7, 11) is -4.15. The molecule has 0 fully saturated rings. The fourth-order valence-electron chi connectivity index (χ4n) is 4.58. The van der Waals surface area contributed by atoms with Gasteiger partial charge in [0.2, 0.25) is 11.8 Å². The number of benzene rings is 3. The quantitative estimate of drug-likeness (QED) is 0.229. The van der Waals surface area contributed by atoms with Crippen molar-refractivity contribution in [2.24, 2.45) is 5.92 Å². The lowest BCUT2D eigenvalue weighted by Crippen LogP contribution is -2.52. The van der Waals surface area contributed by atoms with Gasteiger partial charge in [-0.1, -0.05) is 92.9 Å². The number of carbonyl (C=O) groups is 2. The van der Waals surface area contributed by atoms with Crippen LogP contribution in [0.15, 0.2) is 71.6 Å². The topological polar surface area (TPSA) is 86.8 Å². The van der Waals surface area contributed by atoms with Gasteiger partial charge in [0.25, 0.3) is 10.0 Å². The van der Waals surface area contributed by atoms with Gasteiger partial charge in [-0.3, -0.25) is 13.9 Å². The number of hydrogen-bond donors (Lipinski definition) is 1. The lowest BCUT2D eigenvalue weighted by molar-refractivity contribution is -0.140. The van der Waals surface area contributed by atoms with Crippen LogP contribution in [0, 0.1) is 12.8 Å². The molecule has 0 aliphatic rings. The predicted octanol–water partition coefficient (Wildman–Crippen LogP) is 6.64. The maximum atomic E-state index is 14.3. The van der Waals surface area contributed by atoms with E-state index in [0.717, 1.165) is 15.4 Å². The molecule has 0 aromatic heterocycles. The summed E-state index contributed by atoms with van der Waals surface area (Å²) < 4.78 is 29.4. The molecule has 1 unspecified atom stereocenters. The smallest absolute Gasteiger partial charge is 0.264 e. The minimum absolute atomic E-state index is 0.00369. The fraction of sp³-hybridized carbons (Fsp3) is 0.375. The summed E-state index contributed by atoms with van der Waals surface area (Å²) in [5.41, 5.74) is 2.69. The van der Waals surface area contributed by atoms with Crippen LogP contribution < -0.4 is 9.62 Å². The number of nitrogens with one attached hydrogen (secondary N) is 1. The van der Waals surface area contributed by atoms with Gasteiger partial charge in [0.1, 0.15) is 12.6 Å². The average molecular weight is 633 g/mol. The van der Waals surface area contributed by atoms with E-state index < -0.39 is 28.5 Å². The van der Waals surface area contributed by atoms with Crippen molar-refractivity contribution in [3.8, 4) is 0 Å². The summed E-state index contributed by atoms with van der Waals surface area (Å²) in [6.07, 6.45) is 0.876. The second-order valence-electron chi connectivity index (χ2n) is 10.6. The van der Waals surface area contributed by atoms with Gasteiger partial charge in [0.15, 0.2) is 0 Å². The Balaban J connectivity index is 2.11. The molecular weight excluding hydrogens is 593 g/mol. The maximum absolute atomic E-state index is 14.3. The van der Waals surface area contributed by atoms with Crippen molar-refractivity contribution in [3.05, 3.63) is 93.5 Å². The van der Waals surface area contributed by atoms with Crippen LogP contribution in [0.5, 0.6) is 0 Å². The lowest BCUT2D eigenvalue weighted by Gasteiger charge is -2.34. The van der Waals surface area contributed by atoms with E-state index in [1.807, 2.05) is 46.8 Å². The highest BCUT2D eigenvalue weighted by Crippen LogP contribution is 2.29. The van der Waals surface area contributed by atoms with Gasteiger partial charge in [-0.05, 0) is 67.1 Å². The standard InChI is InChI=1S/C32H39Cl2N3O4S/c1-6-24-10-8-9-11-30(24)37(42(40,41)27-16-12-23(5)13-17-27)21-31(38)36(20-25-14-15-26(33)18-28(25)34)29(7-2)32(39)35-19-22(3)4/h8-18,22,29H,6-7,19-21H2,1-5H3,(H,35,39). The van der Waals surface area contributed by atoms with Crippen molar-refractivity contribution in [3.63, 3.8) is 0 Å². The summed E-state index contributed by atoms with van der Waals surface area (Å²) in [6, 6.07) is 17.7. The Morgan fingerprint density at radius 1 is 0.929 bits per heavy atom. The summed E-state index contributed by atoms with van der Waals surface area (Å²) in [5, 5.41) is 3.71. The number of carbonyl (C=O) groups excluding carboxylic acids is 2.